The Morgan fingerprint density at radius 3 is 2.59 bits per heavy atom. The zero-order valence-corrected chi connectivity index (χ0v) is 20.0. The van der Waals surface area contributed by atoms with E-state index in [-0.39, 0.29) is 23.0 Å². The Bertz CT molecular complexity index is 1070. The molecule has 6 nitrogen and oxygen atoms in total. The van der Waals surface area contributed by atoms with Gasteiger partial charge in [-0.3, -0.25) is 4.79 Å². The van der Waals surface area contributed by atoms with Crippen molar-refractivity contribution in [2.75, 3.05) is 10.6 Å². The highest BCUT2D eigenvalue weighted by Gasteiger charge is 2.34. The fourth-order valence-electron chi connectivity index (χ4n) is 3.74. The quantitative estimate of drug-likeness (QED) is 0.532. The molecule has 1 unspecified atom stereocenters. The Morgan fingerprint density at radius 2 is 1.91 bits per heavy atom. The summed E-state index contributed by atoms with van der Waals surface area (Å²) in [6.07, 6.45) is 1.13. The molecule has 2 aromatic rings. The Labute approximate surface area is 195 Å². The van der Waals surface area contributed by atoms with Gasteiger partial charge in [-0.1, -0.05) is 26.8 Å². The number of anilines is 2. The molecule has 0 radical (unpaired) electrons. The van der Waals surface area contributed by atoms with Crippen LogP contribution < -0.4 is 20.7 Å². The van der Waals surface area contributed by atoms with Crippen LogP contribution in [0.15, 0.2) is 42.5 Å². The van der Waals surface area contributed by atoms with E-state index < -0.39 is 0 Å². The zero-order valence-electron chi connectivity index (χ0n) is 19.2. The number of fused-ring (bicyclic) bond motifs is 1. The predicted octanol–water partition coefficient (Wildman–Crippen LogP) is 5.52. The van der Waals surface area contributed by atoms with E-state index >= 15 is 0 Å². The molecule has 1 amide bonds. The Hall–Kier alpha value is -3.11. The van der Waals surface area contributed by atoms with Crippen molar-refractivity contribution >= 4 is 34.6 Å². The molecule has 1 aliphatic rings. The molecular formula is C25H30N4O2S. The van der Waals surface area contributed by atoms with Crippen molar-refractivity contribution in [1.82, 2.24) is 5.32 Å². The number of thiocarbonyl (C=S) groups is 1. The van der Waals surface area contributed by atoms with E-state index in [2.05, 4.69) is 22.0 Å². The van der Waals surface area contributed by atoms with E-state index in [4.69, 9.17) is 22.2 Å². The van der Waals surface area contributed by atoms with E-state index in [1.807, 2.05) is 65.0 Å². The van der Waals surface area contributed by atoms with Gasteiger partial charge in [-0.15, -0.1) is 0 Å². The van der Waals surface area contributed by atoms with Crippen molar-refractivity contribution in [1.29, 1.82) is 5.26 Å². The van der Waals surface area contributed by atoms with E-state index in [9.17, 15) is 4.79 Å². The van der Waals surface area contributed by atoms with Crippen molar-refractivity contribution in [2.45, 2.75) is 59.1 Å². The van der Waals surface area contributed by atoms with Gasteiger partial charge in [0, 0.05) is 29.8 Å². The van der Waals surface area contributed by atoms with Gasteiger partial charge in [-0.25, -0.2) is 0 Å². The average molecular weight is 451 g/mol. The third-order valence-electron chi connectivity index (χ3n) is 5.00. The third kappa shape index (κ3) is 6.44. The molecule has 0 bridgehead atoms. The molecule has 3 N–H and O–H groups in total. The minimum atomic E-state index is -0.377. The lowest BCUT2D eigenvalue weighted by Gasteiger charge is -2.38. The first-order chi connectivity index (χ1) is 14.9. The monoisotopic (exact) mass is 450 g/mol. The van der Waals surface area contributed by atoms with E-state index in [0.29, 0.717) is 23.5 Å². The molecule has 1 atom stereocenters. The lowest BCUT2D eigenvalue weighted by atomic mass is 9.89. The molecule has 1 aliphatic heterocycles. The van der Waals surface area contributed by atoms with Crippen molar-refractivity contribution in [3.8, 4) is 11.8 Å². The van der Waals surface area contributed by atoms with Crippen LogP contribution in [-0.4, -0.2) is 16.6 Å². The summed E-state index contributed by atoms with van der Waals surface area (Å²) >= 11 is 5.55. The Kier molecular flexibility index (Phi) is 6.75. The lowest BCUT2D eigenvalue weighted by Crippen LogP contribution is -2.42. The molecule has 0 fully saturated rings. The molecule has 0 aromatic heterocycles. The summed E-state index contributed by atoms with van der Waals surface area (Å²) in [5.74, 6) is 0.746. The number of nitrogens with one attached hydrogen (secondary N) is 3. The highest BCUT2D eigenvalue weighted by atomic mass is 32.1. The minimum Gasteiger partial charge on any atom is -0.487 e. The number of amides is 1. The predicted molar refractivity (Wildman–Crippen MR) is 132 cm³/mol. The standard InChI is InChI=1S/C25H30N4O2S/c1-24(2,3)14-22(30)27-18-9-10-21-19(12-18)20(13-25(4,5)31-21)29-23(32)28-17-8-6-7-16(11-17)15-26/h6-12,20H,13-14H2,1-5H3,(H,27,30)(H2,28,29,32). The topological polar surface area (TPSA) is 86.2 Å². The largest absolute Gasteiger partial charge is 0.487 e. The van der Waals surface area contributed by atoms with Crippen LogP contribution in [0.3, 0.4) is 0 Å². The Morgan fingerprint density at radius 1 is 1.19 bits per heavy atom. The molecule has 1 heterocycles. The summed E-state index contributed by atoms with van der Waals surface area (Å²) in [6, 6.07) is 14.9. The maximum atomic E-state index is 12.4. The van der Waals surface area contributed by atoms with Crippen molar-refractivity contribution < 1.29 is 9.53 Å². The summed E-state index contributed by atoms with van der Waals surface area (Å²) in [5.41, 5.74) is 2.51. The normalized spacial score (nSPS) is 16.7. The molecule has 3 rings (SSSR count). The van der Waals surface area contributed by atoms with Gasteiger partial charge in [0.2, 0.25) is 5.91 Å². The second-order valence-corrected chi connectivity index (χ2v) is 10.4. The smallest absolute Gasteiger partial charge is 0.224 e. The maximum Gasteiger partial charge on any atom is 0.224 e. The second kappa shape index (κ2) is 9.17. The summed E-state index contributed by atoms with van der Waals surface area (Å²) in [7, 11) is 0. The number of carbonyl (C=O) groups is 1. The van der Waals surface area contributed by atoms with Gasteiger partial charge >= 0.3 is 0 Å². The van der Waals surface area contributed by atoms with Crippen LogP contribution >= 0.6 is 12.2 Å². The number of nitriles is 1. The van der Waals surface area contributed by atoms with Gasteiger partial charge in [-0.05, 0) is 67.9 Å². The highest BCUT2D eigenvalue weighted by molar-refractivity contribution is 7.80. The summed E-state index contributed by atoms with van der Waals surface area (Å²) in [4.78, 5) is 12.4. The molecule has 0 saturated carbocycles. The zero-order chi connectivity index (χ0) is 23.5. The van der Waals surface area contributed by atoms with E-state index in [0.717, 1.165) is 22.7 Å². The highest BCUT2D eigenvalue weighted by Crippen LogP contribution is 2.41. The van der Waals surface area contributed by atoms with Gasteiger partial charge in [0.1, 0.15) is 11.4 Å². The van der Waals surface area contributed by atoms with Crippen LogP contribution in [0, 0.1) is 16.7 Å². The summed E-state index contributed by atoms with van der Waals surface area (Å²) < 4.78 is 6.17. The van der Waals surface area contributed by atoms with E-state index in [1.54, 1.807) is 12.1 Å². The number of nitrogens with zero attached hydrogens (tertiary/aromatic N) is 1. The van der Waals surface area contributed by atoms with Gasteiger partial charge in [0.05, 0.1) is 17.7 Å². The molecule has 32 heavy (non-hydrogen) atoms. The number of carbonyl (C=O) groups excluding carboxylic acids is 1. The number of rotatable bonds is 4. The van der Waals surface area contributed by atoms with E-state index in [1.165, 1.54) is 0 Å². The van der Waals surface area contributed by atoms with Crippen LogP contribution in [0.2, 0.25) is 0 Å². The first-order valence-electron chi connectivity index (χ1n) is 10.6. The number of benzene rings is 2. The fourth-order valence-corrected chi connectivity index (χ4v) is 4.00. The molecule has 0 saturated heterocycles. The first-order valence-corrected chi connectivity index (χ1v) is 11.1. The second-order valence-electron chi connectivity index (χ2n) is 9.95. The fraction of sp³-hybridized carbons (Fsp3) is 0.400. The molecular weight excluding hydrogens is 420 g/mol. The number of hydrogen-bond donors (Lipinski definition) is 3. The molecule has 7 heteroatoms. The van der Waals surface area contributed by atoms with Crippen LogP contribution in [-0.2, 0) is 4.79 Å². The molecule has 2 aromatic carbocycles. The van der Waals surface area contributed by atoms with Crippen LogP contribution in [0.5, 0.6) is 5.75 Å². The molecule has 168 valence electrons. The summed E-state index contributed by atoms with van der Waals surface area (Å²) in [5, 5.41) is 19.1. The average Bonchev–Trinajstić information content (AvgIpc) is 2.66. The van der Waals surface area contributed by atoms with Crippen LogP contribution in [0.25, 0.3) is 0 Å². The van der Waals surface area contributed by atoms with Gasteiger partial charge in [0.15, 0.2) is 5.11 Å². The molecule has 0 aliphatic carbocycles. The van der Waals surface area contributed by atoms with Crippen LogP contribution in [0.4, 0.5) is 11.4 Å². The minimum absolute atomic E-state index is 0.0198. The Balaban J connectivity index is 1.78. The van der Waals surface area contributed by atoms with Crippen molar-refractivity contribution in [3.63, 3.8) is 0 Å². The maximum absolute atomic E-state index is 12.4. The number of ether oxygens (including phenoxy) is 1. The lowest BCUT2D eigenvalue weighted by molar-refractivity contribution is -0.117. The summed E-state index contributed by atoms with van der Waals surface area (Å²) in [6.45, 7) is 10.2. The van der Waals surface area contributed by atoms with Crippen molar-refractivity contribution in [2.24, 2.45) is 5.41 Å². The van der Waals surface area contributed by atoms with Gasteiger partial charge in [0.25, 0.3) is 0 Å². The van der Waals surface area contributed by atoms with Gasteiger partial charge < -0.3 is 20.7 Å². The van der Waals surface area contributed by atoms with Crippen LogP contribution in [0.1, 0.15) is 64.6 Å². The molecule has 0 spiro atoms. The van der Waals surface area contributed by atoms with Crippen molar-refractivity contribution in [3.05, 3.63) is 53.6 Å². The number of hydrogen-bond acceptors (Lipinski definition) is 4. The first kappa shape index (κ1) is 23.6. The van der Waals surface area contributed by atoms with Gasteiger partial charge in [-0.2, -0.15) is 5.26 Å². The SMILES string of the molecule is CC(C)(C)CC(=O)Nc1ccc2c(c1)C(NC(=S)Nc1cccc(C#N)c1)CC(C)(C)O2. The third-order valence-corrected chi connectivity index (χ3v) is 5.22.